The Bertz CT molecular complexity index is 358. The Hall–Kier alpha value is -1.35. The van der Waals surface area contributed by atoms with Crippen LogP contribution in [0.4, 0.5) is 0 Å². The molecule has 0 aliphatic heterocycles. The van der Waals surface area contributed by atoms with Crippen molar-refractivity contribution in [1.29, 1.82) is 0 Å². The number of ether oxygens (including phenoxy) is 1. The number of esters is 1. The summed E-state index contributed by atoms with van der Waals surface area (Å²) in [6.45, 7) is 8.43. The first-order chi connectivity index (χ1) is 9.19. The Morgan fingerprint density at radius 1 is 1.16 bits per heavy atom. The molecule has 0 bridgehead atoms. The summed E-state index contributed by atoms with van der Waals surface area (Å²) < 4.78 is 5.38. The highest BCUT2D eigenvalue weighted by atomic mass is 16.5. The Kier molecular flexibility index (Phi) is 7.19. The highest BCUT2D eigenvalue weighted by Gasteiger charge is 2.21. The lowest BCUT2D eigenvalue weighted by molar-refractivity contribution is -0.150. The highest BCUT2D eigenvalue weighted by molar-refractivity contribution is 5.75. The molecule has 1 rings (SSSR count). The van der Waals surface area contributed by atoms with Crippen molar-refractivity contribution >= 4 is 5.97 Å². The number of carbonyl (C=O) groups is 1. The summed E-state index contributed by atoms with van der Waals surface area (Å²) in [6.07, 6.45) is 2.10. The quantitative estimate of drug-likeness (QED) is 0.674. The molecule has 0 spiro atoms. The second-order valence-corrected chi connectivity index (χ2v) is 4.81. The van der Waals surface area contributed by atoms with Gasteiger partial charge in [0.15, 0.2) is 0 Å². The molecule has 3 heteroatoms. The van der Waals surface area contributed by atoms with Gasteiger partial charge in [-0.1, -0.05) is 44.2 Å². The molecule has 0 heterocycles. The lowest BCUT2D eigenvalue weighted by Crippen LogP contribution is -2.40. The van der Waals surface area contributed by atoms with Gasteiger partial charge >= 0.3 is 5.97 Å². The first-order valence-electron chi connectivity index (χ1n) is 7.13. The minimum Gasteiger partial charge on any atom is -0.460 e. The van der Waals surface area contributed by atoms with Crippen LogP contribution in [-0.4, -0.2) is 30.0 Å². The van der Waals surface area contributed by atoms with Crippen LogP contribution in [0.3, 0.4) is 0 Å². The molecule has 106 valence electrons. The fraction of sp³-hybridized carbons (Fsp3) is 0.562. The van der Waals surface area contributed by atoms with Gasteiger partial charge in [0.25, 0.3) is 0 Å². The molecule has 0 N–H and O–H groups in total. The predicted octanol–water partition coefficient (Wildman–Crippen LogP) is 3.24. The van der Waals surface area contributed by atoms with Gasteiger partial charge in [0.05, 0.1) is 0 Å². The molecule has 1 unspecified atom stereocenters. The average molecular weight is 263 g/mol. The van der Waals surface area contributed by atoms with E-state index in [0.717, 1.165) is 31.5 Å². The van der Waals surface area contributed by atoms with Crippen LogP contribution in [0.25, 0.3) is 0 Å². The van der Waals surface area contributed by atoms with Gasteiger partial charge in [-0.05, 0) is 38.4 Å². The number of nitrogens with zero attached hydrogens (tertiary/aromatic N) is 1. The summed E-state index contributed by atoms with van der Waals surface area (Å²) in [5, 5.41) is 0. The molecule has 0 amide bonds. The van der Waals surface area contributed by atoms with Gasteiger partial charge in [-0.2, -0.15) is 0 Å². The van der Waals surface area contributed by atoms with Crippen molar-refractivity contribution in [2.45, 2.75) is 46.3 Å². The number of benzene rings is 1. The van der Waals surface area contributed by atoms with Crippen LogP contribution in [-0.2, 0) is 16.1 Å². The van der Waals surface area contributed by atoms with Gasteiger partial charge in [0.1, 0.15) is 12.6 Å². The van der Waals surface area contributed by atoms with E-state index >= 15 is 0 Å². The highest BCUT2D eigenvalue weighted by Crippen LogP contribution is 2.07. The lowest BCUT2D eigenvalue weighted by Gasteiger charge is -2.26. The summed E-state index contributed by atoms with van der Waals surface area (Å²) in [6, 6.07) is 9.63. The van der Waals surface area contributed by atoms with E-state index < -0.39 is 0 Å². The second-order valence-electron chi connectivity index (χ2n) is 4.81. The summed E-state index contributed by atoms with van der Waals surface area (Å²) in [7, 11) is 0. The van der Waals surface area contributed by atoms with Gasteiger partial charge in [-0.15, -0.1) is 0 Å². The number of carbonyl (C=O) groups excluding carboxylic acids is 1. The Morgan fingerprint density at radius 2 is 1.74 bits per heavy atom. The monoisotopic (exact) mass is 263 g/mol. The third kappa shape index (κ3) is 5.43. The number of hydrogen-bond donors (Lipinski definition) is 0. The number of hydrogen-bond acceptors (Lipinski definition) is 3. The van der Waals surface area contributed by atoms with Crippen LogP contribution in [0.5, 0.6) is 0 Å². The van der Waals surface area contributed by atoms with Crippen molar-refractivity contribution in [3.63, 3.8) is 0 Å². The van der Waals surface area contributed by atoms with Crippen LogP contribution in [0.1, 0.15) is 39.2 Å². The van der Waals surface area contributed by atoms with Crippen molar-refractivity contribution < 1.29 is 9.53 Å². The van der Waals surface area contributed by atoms with Crippen molar-refractivity contribution in [2.24, 2.45) is 0 Å². The van der Waals surface area contributed by atoms with Gasteiger partial charge in [0.2, 0.25) is 0 Å². The molecular formula is C16H25NO2. The largest absolute Gasteiger partial charge is 0.460 e. The minimum atomic E-state index is -0.163. The van der Waals surface area contributed by atoms with Crippen LogP contribution in [0.15, 0.2) is 30.3 Å². The first-order valence-corrected chi connectivity index (χ1v) is 7.13. The molecule has 0 aliphatic carbocycles. The summed E-state index contributed by atoms with van der Waals surface area (Å²) >= 11 is 0. The number of rotatable bonds is 8. The van der Waals surface area contributed by atoms with E-state index in [1.807, 2.05) is 37.3 Å². The molecule has 1 aromatic rings. The zero-order chi connectivity index (χ0) is 14.1. The molecule has 3 nitrogen and oxygen atoms in total. The van der Waals surface area contributed by atoms with Crippen LogP contribution >= 0.6 is 0 Å². The topological polar surface area (TPSA) is 29.5 Å². The van der Waals surface area contributed by atoms with E-state index in [4.69, 9.17) is 4.74 Å². The fourth-order valence-corrected chi connectivity index (χ4v) is 2.07. The second kappa shape index (κ2) is 8.70. The van der Waals surface area contributed by atoms with Gasteiger partial charge in [0, 0.05) is 0 Å². The molecule has 19 heavy (non-hydrogen) atoms. The molecular weight excluding hydrogens is 238 g/mol. The molecule has 0 saturated heterocycles. The lowest BCUT2D eigenvalue weighted by atomic mass is 10.2. The Balaban J connectivity index is 2.46. The molecule has 0 aliphatic rings. The van der Waals surface area contributed by atoms with Crippen LogP contribution in [0.2, 0.25) is 0 Å². The molecule has 1 atom stereocenters. The zero-order valence-corrected chi connectivity index (χ0v) is 12.3. The fourth-order valence-electron chi connectivity index (χ4n) is 2.07. The van der Waals surface area contributed by atoms with Crippen LogP contribution in [0, 0.1) is 0 Å². The molecule has 0 radical (unpaired) electrons. The van der Waals surface area contributed by atoms with Crippen molar-refractivity contribution in [2.75, 3.05) is 13.1 Å². The van der Waals surface area contributed by atoms with Crippen molar-refractivity contribution in [1.82, 2.24) is 4.90 Å². The third-order valence-electron chi connectivity index (χ3n) is 3.13. The third-order valence-corrected chi connectivity index (χ3v) is 3.13. The van der Waals surface area contributed by atoms with E-state index in [1.165, 1.54) is 0 Å². The minimum absolute atomic E-state index is 0.134. The van der Waals surface area contributed by atoms with Gasteiger partial charge in [-0.25, -0.2) is 0 Å². The summed E-state index contributed by atoms with van der Waals surface area (Å²) in [5.41, 5.74) is 1.03. The predicted molar refractivity (Wildman–Crippen MR) is 77.9 cm³/mol. The molecule has 1 aromatic carbocycles. The normalized spacial score (nSPS) is 12.4. The van der Waals surface area contributed by atoms with Crippen molar-refractivity contribution in [3.05, 3.63) is 35.9 Å². The summed E-state index contributed by atoms with van der Waals surface area (Å²) in [5.74, 6) is -0.134. The van der Waals surface area contributed by atoms with E-state index in [1.54, 1.807) is 0 Å². The molecule has 0 fully saturated rings. The van der Waals surface area contributed by atoms with Gasteiger partial charge < -0.3 is 4.74 Å². The average Bonchev–Trinajstić information content (AvgIpc) is 2.45. The smallest absolute Gasteiger partial charge is 0.323 e. The Morgan fingerprint density at radius 3 is 2.26 bits per heavy atom. The van der Waals surface area contributed by atoms with Gasteiger partial charge in [-0.3, -0.25) is 9.69 Å². The SMILES string of the molecule is CCCN(CCC)C(C)C(=O)OCc1ccccc1. The maximum atomic E-state index is 12.0. The van der Waals surface area contributed by atoms with Crippen LogP contribution < -0.4 is 0 Å². The van der Waals surface area contributed by atoms with E-state index in [-0.39, 0.29) is 12.0 Å². The molecule has 0 aromatic heterocycles. The van der Waals surface area contributed by atoms with E-state index in [9.17, 15) is 4.79 Å². The van der Waals surface area contributed by atoms with E-state index in [2.05, 4.69) is 18.7 Å². The maximum absolute atomic E-state index is 12.0. The molecule has 0 saturated carbocycles. The van der Waals surface area contributed by atoms with E-state index in [0.29, 0.717) is 6.61 Å². The first kappa shape index (κ1) is 15.7. The Labute approximate surface area is 116 Å². The summed E-state index contributed by atoms with van der Waals surface area (Å²) in [4.78, 5) is 14.2. The standard InChI is InChI=1S/C16H25NO2/c1-4-11-17(12-5-2)14(3)16(18)19-13-15-9-7-6-8-10-15/h6-10,14H,4-5,11-13H2,1-3H3. The zero-order valence-electron chi connectivity index (χ0n) is 12.3. The van der Waals surface area contributed by atoms with Crippen molar-refractivity contribution in [3.8, 4) is 0 Å². The maximum Gasteiger partial charge on any atom is 0.323 e.